The number of aliphatic hydroxyl groups excluding tert-OH is 1. The van der Waals surface area contributed by atoms with Crippen LogP contribution in [0.1, 0.15) is 43.2 Å². The van der Waals surface area contributed by atoms with Crippen LogP contribution in [0.4, 0.5) is 4.79 Å². The molecule has 0 bridgehead atoms. The van der Waals surface area contributed by atoms with Gasteiger partial charge in [-0.3, -0.25) is 0 Å². The van der Waals surface area contributed by atoms with Crippen molar-refractivity contribution < 1.29 is 9.90 Å². The number of nitrogens with one attached hydrogen (secondary N) is 1. The molecule has 1 saturated heterocycles. The summed E-state index contributed by atoms with van der Waals surface area (Å²) in [6, 6.07) is 8.54. The Morgan fingerprint density at radius 3 is 3.00 bits per heavy atom. The van der Waals surface area contributed by atoms with Crippen LogP contribution in [0, 0.1) is 5.92 Å². The minimum Gasteiger partial charge on any atom is -0.391 e. The summed E-state index contributed by atoms with van der Waals surface area (Å²) in [7, 11) is 0. The van der Waals surface area contributed by atoms with Gasteiger partial charge in [-0.15, -0.1) is 0 Å². The number of piperidine rings is 1. The molecule has 0 spiro atoms. The summed E-state index contributed by atoms with van der Waals surface area (Å²) in [4.78, 5) is 14.1. The average molecular weight is 302 g/mol. The van der Waals surface area contributed by atoms with Gasteiger partial charge in [-0.05, 0) is 42.7 Å². The smallest absolute Gasteiger partial charge is 0.317 e. The summed E-state index contributed by atoms with van der Waals surface area (Å²) in [5.41, 5.74) is 2.82. The lowest BCUT2D eigenvalue weighted by atomic mass is 9.83. The summed E-state index contributed by atoms with van der Waals surface area (Å²) in [5, 5.41) is 13.0. The second kappa shape index (κ2) is 6.69. The Labute approximate surface area is 132 Å². The van der Waals surface area contributed by atoms with Gasteiger partial charge in [0.25, 0.3) is 0 Å². The SMILES string of the molecule is CC1CCN(C(=O)NCC2CCCc3ccccc32)CC1O. The average Bonchev–Trinajstić information content (AvgIpc) is 2.55. The maximum Gasteiger partial charge on any atom is 0.317 e. The lowest BCUT2D eigenvalue weighted by Gasteiger charge is -2.35. The van der Waals surface area contributed by atoms with Crippen LogP contribution in [0.25, 0.3) is 0 Å². The predicted octanol–water partition coefficient (Wildman–Crippen LogP) is 2.52. The van der Waals surface area contributed by atoms with Gasteiger partial charge in [-0.1, -0.05) is 31.2 Å². The number of β-amino-alcohol motifs (C(OH)–C–C–N with tert-alkyl or cyclic N) is 1. The first kappa shape index (κ1) is 15.3. The monoisotopic (exact) mass is 302 g/mol. The normalized spacial score (nSPS) is 28.1. The van der Waals surface area contributed by atoms with E-state index in [2.05, 4.69) is 29.6 Å². The third-order valence-corrected chi connectivity index (χ3v) is 5.20. The molecule has 0 aromatic heterocycles. The molecular weight excluding hydrogens is 276 g/mol. The molecule has 1 aliphatic heterocycles. The van der Waals surface area contributed by atoms with E-state index in [-0.39, 0.29) is 11.9 Å². The third kappa shape index (κ3) is 3.27. The molecule has 0 saturated carbocycles. The Kier molecular flexibility index (Phi) is 4.67. The standard InChI is InChI=1S/C18H26N2O2/c1-13-9-10-20(12-17(13)21)18(22)19-11-15-7-4-6-14-5-2-3-8-16(14)15/h2-3,5,8,13,15,17,21H,4,6-7,9-12H2,1H3,(H,19,22). The van der Waals surface area contributed by atoms with E-state index in [9.17, 15) is 9.90 Å². The molecular formula is C18H26N2O2. The van der Waals surface area contributed by atoms with Gasteiger partial charge in [0.2, 0.25) is 0 Å². The van der Waals surface area contributed by atoms with Gasteiger partial charge in [0.15, 0.2) is 0 Å². The topological polar surface area (TPSA) is 52.6 Å². The molecule has 3 atom stereocenters. The first-order valence-corrected chi connectivity index (χ1v) is 8.44. The van der Waals surface area contributed by atoms with E-state index in [0.717, 1.165) is 25.8 Å². The van der Waals surface area contributed by atoms with Crippen LogP contribution in [0.3, 0.4) is 0 Å². The molecule has 1 aromatic rings. The Morgan fingerprint density at radius 1 is 1.36 bits per heavy atom. The van der Waals surface area contributed by atoms with Crippen molar-refractivity contribution in [1.29, 1.82) is 0 Å². The van der Waals surface area contributed by atoms with Crippen LogP contribution >= 0.6 is 0 Å². The van der Waals surface area contributed by atoms with Crippen molar-refractivity contribution in [3.8, 4) is 0 Å². The maximum atomic E-state index is 12.3. The Hall–Kier alpha value is -1.55. The van der Waals surface area contributed by atoms with E-state index in [1.54, 1.807) is 4.90 Å². The number of fused-ring (bicyclic) bond motifs is 1. The van der Waals surface area contributed by atoms with Gasteiger partial charge in [0.05, 0.1) is 6.10 Å². The van der Waals surface area contributed by atoms with Gasteiger partial charge in [0.1, 0.15) is 0 Å². The summed E-state index contributed by atoms with van der Waals surface area (Å²) < 4.78 is 0. The molecule has 0 radical (unpaired) electrons. The van der Waals surface area contributed by atoms with E-state index in [1.165, 1.54) is 17.5 Å². The molecule has 4 heteroatoms. The Morgan fingerprint density at radius 2 is 2.18 bits per heavy atom. The molecule has 1 heterocycles. The van der Waals surface area contributed by atoms with E-state index < -0.39 is 6.10 Å². The van der Waals surface area contributed by atoms with Crippen LogP contribution in [0.15, 0.2) is 24.3 Å². The maximum absolute atomic E-state index is 12.3. The molecule has 1 aromatic carbocycles. The van der Waals surface area contributed by atoms with Crippen molar-refractivity contribution in [2.75, 3.05) is 19.6 Å². The van der Waals surface area contributed by atoms with Crippen LogP contribution in [0.5, 0.6) is 0 Å². The molecule has 3 rings (SSSR count). The molecule has 4 nitrogen and oxygen atoms in total. The van der Waals surface area contributed by atoms with E-state index >= 15 is 0 Å². The fraction of sp³-hybridized carbons (Fsp3) is 0.611. The number of likely N-dealkylation sites (tertiary alicyclic amines) is 1. The number of carbonyl (C=O) groups is 1. The summed E-state index contributed by atoms with van der Waals surface area (Å²) in [6.07, 6.45) is 3.96. The second-order valence-corrected chi connectivity index (χ2v) is 6.75. The largest absolute Gasteiger partial charge is 0.391 e. The van der Waals surface area contributed by atoms with Crippen molar-refractivity contribution in [3.63, 3.8) is 0 Å². The lowest BCUT2D eigenvalue weighted by molar-refractivity contribution is 0.0435. The highest BCUT2D eigenvalue weighted by Crippen LogP contribution is 2.30. The predicted molar refractivity (Wildman–Crippen MR) is 86.9 cm³/mol. The van der Waals surface area contributed by atoms with Crippen LogP contribution in [-0.2, 0) is 6.42 Å². The zero-order valence-electron chi connectivity index (χ0n) is 13.3. The highest BCUT2D eigenvalue weighted by Gasteiger charge is 2.28. The van der Waals surface area contributed by atoms with Crippen molar-refractivity contribution in [2.24, 2.45) is 5.92 Å². The number of nitrogens with zero attached hydrogens (tertiary/aromatic N) is 1. The highest BCUT2D eigenvalue weighted by atomic mass is 16.3. The second-order valence-electron chi connectivity index (χ2n) is 6.75. The summed E-state index contributed by atoms with van der Waals surface area (Å²) in [6.45, 7) is 3.93. The number of rotatable bonds is 2. The number of carbonyl (C=O) groups excluding carboxylic acids is 1. The van der Waals surface area contributed by atoms with E-state index in [1.807, 2.05) is 6.92 Å². The zero-order chi connectivity index (χ0) is 15.5. The number of benzene rings is 1. The molecule has 2 amide bonds. The van der Waals surface area contributed by atoms with Crippen molar-refractivity contribution in [1.82, 2.24) is 10.2 Å². The van der Waals surface area contributed by atoms with Gasteiger partial charge < -0.3 is 15.3 Å². The molecule has 2 aliphatic rings. The highest BCUT2D eigenvalue weighted by molar-refractivity contribution is 5.74. The first-order chi connectivity index (χ1) is 10.6. The number of amides is 2. The van der Waals surface area contributed by atoms with Gasteiger partial charge in [-0.2, -0.15) is 0 Å². The molecule has 22 heavy (non-hydrogen) atoms. The molecule has 1 fully saturated rings. The lowest BCUT2D eigenvalue weighted by Crippen LogP contribution is -2.50. The first-order valence-electron chi connectivity index (χ1n) is 8.44. The van der Waals surface area contributed by atoms with E-state index in [4.69, 9.17) is 0 Å². The molecule has 120 valence electrons. The van der Waals surface area contributed by atoms with Crippen molar-refractivity contribution in [3.05, 3.63) is 35.4 Å². The Balaban J connectivity index is 1.56. The summed E-state index contributed by atoms with van der Waals surface area (Å²) >= 11 is 0. The zero-order valence-corrected chi connectivity index (χ0v) is 13.3. The molecule has 3 unspecified atom stereocenters. The minimum absolute atomic E-state index is 0.0333. The fourth-order valence-corrected chi connectivity index (χ4v) is 3.62. The van der Waals surface area contributed by atoms with Crippen molar-refractivity contribution in [2.45, 2.75) is 44.6 Å². The number of hydrogen-bond acceptors (Lipinski definition) is 2. The summed E-state index contributed by atoms with van der Waals surface area (Å²) in [5.74, 6) is 0.705. The van der Waals surface area contributed by atoms with Crippen LogP contribution < -0.4 is 5.32 Å². The van der Waals surface area contributed by atoms with Gasteiger partial charge in [0, 0.05) is 25.6 Å². The number of hydrogen-bond donors (Lipinski definition) is 2. The van der Waals surface area contributed by atoms with E-state index in [0.29, 0.717) is 19.0 Å². The van der Waals surface area contributed by atoms with Crippen LogP contribution in [0.2, 0.25) is 0 Å². The van der Waals surface area contributed by atoms with Gasteiger partial charge in [-0.25, -0.2) is 4.79 Å². The molecule has 1 aliphatic carbocycles. The third-order valence-electron chi connectivity index (χ3n) is 5.20. The number of aryl methyl sites for hydroxylation is 1. The Bertz CT molecular complexity index is 532. The molecule has 2 N–H and O–H groups in total. The number of urea groups is 1. The van der Waals surface area contributed by atoms with Gasteiger partial charge >= 0.3 is 6.03 Å². The fourth-order valence-electron chi connectivity index (χ4n) is 3.62. The van der Waals surface area contributed by atoms with Crippen molar-refractivity contribution >= 4 is 6.03 Å². The minimum atomic E-state index is -0.394. The van der Waals surface area contributed by atoms with Crippen LogP contribution in [-0.4, -0.2) is 41.8 Å². The quantitative estimate of drug-likeness (QED) is 0.882. The number of aliphatic hydroxyl groups is 1.